The highest BCUT2D eigenvalue weighted by atomic mass is 35.5. The van der Waals surface area contributed by atoms with Crippen LogP contribution in [-0.2, 0) is 17.7 Å². The first-order valence-corrected chi connectivity index (χ1v) is 16.4. The van der Waals surface area contributed by atoms with Gasteiger partial charge in [0.1, 0.15) is 22.7 Å². The third-order valence-electron chi connectivity index (χ3n) is 8.06. The molecule has 1 aliphatic rings. The first-order chi connectivity index (χ1) is 19.7. The van der Waals surface area contributed by atoms with Crippen molar-refractivity contribution in [3.8, 4) is 16.9 Å². The highest BCUT2D eigenvalue weighted by Crippen LogP contribution is 2.41. The Bertz CT molecular complexity index is 1570. The lowest BCUT2D eigenvalue weighted by Crippen LogP contribution is -2.44. The monoisotopic (exact) mass is 612 g/mol. The first-order valence-electron chi connectivity index (χ1n) is 13.7. The number of carbonyl (C=O) groups excluding carboxylic acids is 1. The SMILES string of the molecule is CN[C@H]1CC[C@H](N(Cc2cc(-c3cccc([S+](C)[O-])c3)ccc2OC)C(=O)c2sc3c(F)ccc(C)c3c2Cl)CC1. The molecule has 9 heteroatoms. The van der Waals surface area contributed by atoms with Crippen LogP contribution in [0.2, 0.25) is 5.02 Å². The van der Waals surface area contributed by atoms with Crippen molar-refractivity contribution >= 4 is 50.1 Å². The number of benzene rings is 3. The van der Waals surface area contributed by atoms with E-state index in [1.165, 1.54) is 6.07 Å². The summed E-state index contributed by atoms with van der Waals surface area (Å²) < 4.78 is 33.0. The van der Waals surface area contributed by atoms with E-state index in [0.717, 1.165) is 64.2 Å². The number of hydrogen-bond acceptors (Lipinski definition) is 5. The van der Waals surface area contributed by atoms with Crippen LogP contribution in [0.25, 0.3) is 21.2 Å². The number of fused-ring (bicyclic) bond motifs is 1. The number of ether oxygens (including phenoxy) is 1. The normalized spacial score (nSPS) is 17.9. The fourth-order valence-corrected chi connectivity index (χ4v) is 7.91. The summed E-state index contributed by atoms with van der Waals surface area (Å²) >= 11 is 6.82. The summed E-state index contributed by atoms with van der Waals surface area (Å²) in [5, 5.41) is 4.28. The van der Waals surface area contributed by atoms with E-state index < -0.39 is 11.2 Å². The number of aryl methyl sites for hydroxylation is 1. The molecule has 1 aliphatic carbocycles. The molecular formula is C32H34ClFN2O3S2. The lowest BCUT2D eigenvalue weighted by Gasteiger charge is -2.37. The van der Waals surface area contributed by atoms with Gasteiger partial charge in [0.2, 0.25) is 0 Å². The quantitative estimate of drug-likeness (QED) is 0.208. The Kier molecular flexibility index (Phi) is 9.26. The van der Waals surface area contributed by atoms with Crippen LogP contribution in [0.5, 0.6) is 5.75 Å². The number of halogens is 2. The van der Waals surface area contributed by atoms with Crippen molar-refractivity contribution in [3.05, 3.63) is 81.4 Å². The molecule has 0 spiro atoms. The van der Waals surface area contributed by atoms with Gasteiger partial charge >= 0.3 is 0 Å². The van der Waals surface area contributed by atoms with Gasteiger partial charge in [-0.2, -0.15) is 0 Å². The highest BCUT2D eigenvalue weighted by Gasteiger charge is 2.32. The summed E-state index contributed by atoms with van der Waals surface area (Å²) in [7, 11) is 3.60. The van der Waals surface area contributed by atoms with Gasteiger partial charge in [-0.25, -0.2) is 4.39 Å². The molecule has 5 rings (SSSR count). The largest absolute Gasteiger partial charge is 0.612 e. The van der Waals surface area contributed by atoms with Gasteiger partial charge in [0.25, 0.3) is 5.91 Å². The average molecular weight is 613 g/mol. The summed E-state index contributed by atoms with van der Waals surface area (Å²) in [6, 6.07) is 17.1. The van der Waals surface area contributed by atoms with Crippen molar-refractivity contribution in [2.24, 2.45) is 0 Å². The Labute approximate surface area is 252 Å². The summed E-state index contributed by atoms with van der Waals surface area (Å²) in [5.41, 5.74) is 3.58. The summed E-state index contributed by atoms with van der Waals surface area (Å²) in [5.74, 6) is 0.107. The Morgan fingerprint density at radius 1 is 1.15 bits per heavy atom. The second kappa shape index (κ2) is 12.7. The Morgan fingerprint density at radius 3 is 2.54 bits per heavy atom. The minimum Gasteiger partial charge on any atom is -0.612 e. The van der Waals surface area contributed by atoms with Gasteiger partial charge in [-0.1, -0.05) is 35.9 Å². The van der Waals surface area contributed by atoms with E-state index in [0.29, 0.717) is 38.3 Å². The molecule has 0 radical (unpaired) electrons. The molecule has 1 saturated carbocycles. The third kappa shape index (κ3) is 6.13. The summed E-state index contributed by atoms with van der Waals surface area (Å²) in [6.07, 6.45) is 5.27. The van der Waals surface area contributed by atoms with Gasteiger partial charge in [0.15, 0.2) is 4.90 Å². The Balaban J connectivity index is 1.56. The Morgan fingerprint density at radius 2 is 1.88 bits per heavy atom. The van der Waals surface area contributed by atoms with Crippen LogP contribution >= 0.6 is 22.9 Å². The molecule has 0 aliphatic heterocycles. The number of rotatable bonds is 8. The van der Waals surface area contributed by atoms with Gasteiger partial charge < -0.3 is 19.5 Å². The molecule has 0 bridgehead atoms. The second-order valence-electron chi connectivity index (χ2n) is 10.5. The molecular weight excluding hydrogens is 579 g/mol. The van der Waals surface area contributed by atoms with Crippen molar-refractivity contribution in [2.45, 2.75) is 56.1 Å². The molecule has 1 atom stereocenters. The minimum atomic E-state index is -1.10. The maximum atomic E-state index is 14.8. The smallest absolute Gasteiger partial charge is 0.266 e. The molecule has 1 heterocycles. The van der Waals surface area contributed by atoms with Gasteiger partial charge in [-0.05, 0) is 91.8 Å². The van der Waals surface area contributed by atoms with Gasteiger partial charge in [-0.15, -0.1) is 11.3 Å². The molecule has 1 fully saturated rings. The van der Waals surface area contributed by atoms with E-state index in [1.54, 1.807) is 19.4 Å². The van der Waals surface area contributed by atoms with E-state index in [4.69, 9.17) is 16.3 Å². The predicted octanol–water partition coefficient (Wildman–Crippen LogP) is 7.59. The maximum absolute atomic E-state index is 14.8. The Hall–Kier alpha value is -2.62. The molecule has 1 unspecified atom stereocenters. The zero-order valence-electron chi connectivity index (χ0n) is 23.6. The molecule has 4 aromatic rings. The summed E-state index contributed by atoms with van der Waals surface area (Å²) in [4.78, 5) is 17.3. The fourth-order valence-electron chi connectivity index (χ4n) is 5.72. The van der Waals surface area contributed by atoms with E-state index in [9.17, 15) is 13.7 Å². The molecule has 216 valence electrons. The van der Waals surface area contributed by atoms with Crippen LogP contribution in [-0.4, -0.2) is 47.9 Å². The van der Waals surface area contributed by atoms with E-state index in [-0.39, 0.29) is 17.8 Å². The van der Waals surface area contributed by atoms with Crippen LogP contribution in [0.1, 0.15) is 46.5 Å². The molecule has 1 N–H and O–H groups in total. The number of nitrogens with zero attached hydrogens (tertiary/aromatic N) is 1. The van der Waals surface area contributed by atoms with Gasteiger partial charge in [-0.3, -0.25) is 4.79 Å². The van der Waals surface area contributed by atoms with Crippen LogP contribution in [0.4, 0.5) is 4.39 Å². The van der Waals surface area contributed by atoms with Crippen molar-refractivity contribution < 1.29 is 18.5 Å². The van der Waals surface area contributed by atoms with E-state index >= 15 is 0 Å². The standard InChI is InChI=1S/C32H34ClFN2O3S2/c1-19-8-14-26(34)30-28(19)29(33)31(40-30)32(37)36(24-12-10-23(35-2)11-13-24)18-22-16-21(9-15-27(22)39-3)20-6-5-7-25(17-20)41(4)38/h5-9,14-17,23-24,35H,10-13,18H2,1-4H3/t23-,24-,41?. The zero-order chi connectivity index (χ0) is 29.3. The van der Waals surface area contributed by atoms with E-state index in [2.05, 4.69) is 5.32 Å². The third-order valence-corrected chi connectivity index (χ3v) is 10.7. The summed E-state index contributed by atoms with van der Waals surface area (Å²) in [6.45, 7) is 2.20. The average Bonchev–Trinajstić information content (AvgIpc) is 3.35. The lowest BCUT2D eigenvalue weighted by molar-refractivity contribution is 0.0604. The van der Waals surface area contributed by atoms with E-state index in [1.807, 2.05) is 61.3 Å². The maximum Gasteiger partial charge on any atom is 0.266 e. The fraction of sp³-hybridized carbons (Fsp3) is 0.344. The zero-order valence-corrected chi connectivity index (χ0v) is 26.0. The highest BCUT2D eigenvalue weighted by molar-refractivity contribution is 7.90. The van der Waals surface area contributed by atoms with Crippen molar-refractivity contribution in [1.29, 1.82) is 0 Å². The number of hydrogen-bond donors (Lipinski definition) is 1. The van der Waals surface area contributed by atoms with Crippen molar-refractivity contribution in [1.82, 2.24) is 10.2 Å². The molecule has 1 amide bonds. The number of amides is 1. The minimum absolute atomic E-state index is 0.00136. The number of nitrogens with one attached hydrogen (secondary N) is 1. The predicted molar refractivity (Wildman–Crippen MR) is 167 cm³/mol. The first kappa shape index (κ1) is 29.9. The van der Waals surface area contributed by atoms with Crippen LogP contribution in [0.3, 0.4) is 0 Å². The molecule has 5 nitrogen and oxygen atoms in total. The lowest BCUT2D eigenvalue weighted by atomic mass is 9.89. The van der Waals surface area contributed by atoms with Crippen LogP contribution in [0.15, 0.2) is 59.5 Å². The van der Waals surface area contributed by atoms with Gasteiger partial charge in [0, 0.05) is 35.6 Å². The van der Waals surface area contributed by atoms with Crippen molar-refractivity contribution in [3.63, 3.8) is 0 Å². The molecule has 0 saturated heterocycles. The molecule has 41 heavy (non-hydrogen) atoms. The molecule has 3 aromatic carbocycles. The number of thiophene rings is 1. The number of carbonyl (C=O) groups is 1. The number of methoxy groups -OCH3 is 1. The second-order valence-corrected chi connectivity index (χ2v) is 13.3. The van der Waals surface area contributed by atoms with Crippen molar-refractivity contribution in [2.75, 3.05) is 20.4 Å². The molecule has 1 aromatic heterocycles. The topological polar surface area (TPSA) is 64.6 Å². The van der Waals surface area contributed by atoms with Crippen LogP contribution in [0, 0.1) is 12.7 Å². The van der Waals surface area contributed by atoms with Gasteiger partial charge in [0.05, 0.1) is 16.8 Å². The van der Waals surface area contributed by atoms with Crippen LogP contribution < -0.4 is 10.1 Å².